The average Bonchev–Trinajstić information content (AvgIpc) is 3.21. The fourth-order valence-electron chi connectivity index (χ4n) is 4.95. The van der Waals surface area contributed by atoms with E-state index in [1.165, 1.54) is 11.1 Å². The summed E-state index contributed by atoms with van der Waals surface area (Å²) < 4.78 is 31.7. The summed E-state index contributed by atoms with van der Waals surface area (Å²) in [5.41, 5.74) is 5.73. The van der Waals surface area contributed by atoms with Crippen molar-refractivity contribution in [3.8, 4) is 0 Å². The first-order chi connectivity index (χ1) is 18.4. The van der Waals surface area contributed by atoms with Crippen LogP contribution in [0, 0.1) is 13.8 Å². The zero-order chi connectivity index (χ0) is 26.5. The minimum absolute atomic E-state index is 0.0620. The van der Waals surface area contributed by atoms with Gasteiger partial charge in [0.05, 0.1) is 10.9 Å². The summed E-state index contributed by atoms with van der Waals surface area (Å²) in [4.78, 5) is 4.50. The van der Waals surface area contributed by atoms with Crippen molar-refractivity contribution >= 4 is 16.0 Å². The molecule has 0 N–H and O–H groups in total. The first-order valence-corrected chi connectivity index (χ1v) is 14.4. The van der Waals surface area contributed by atoms with Crippen LogP contribution in [0.15, 0.2) is 118 Å². The molecule has 5 nitrogen and oxygen atoms in total. The molecule has 0 amide bonds. The Balaban J connectivity index is 1.58. The van der Waals surface area contributed by atoms with Crippen molar-refractivity contribution in [2.75, 3.05) is 6.54 Å². The number of guanidine groups is 1. The van der Waals surface area contributed by atoms with E-state index < -0.39 is 10.0 Å². The van der Waals surface area contributed by atoms with E-state index in [1.807, 2.05) is 55.5 Å². The molecule has 1 unspecified atom stereocenters. The molecule has 194 valence electrons. The van der Waals surface area contributed by atoms with Gasteiger partial charge >= 0.3 is 0 Å². The second-order valence-electron chi connectivity index (χ2n) is 9.94. The molecular formula is C32H33N3O2S. The maximum Gasteiger partial charge on any atom is 0.285 e. The Hall–Kier alpha value is -3.90. The molecule has 4 aromatic carbocycles. The summed E-state index contributed by atoms with van der Waals surface area (Å²) in [6, 6.07) is 35.7. The normalized spacial score (nSPS) is 16.8. The molecule has 0 radical (unpaired) electrons. The standard InChI is InChI=1S/C32H33N3O2S/c1-25-17-19-31(20-18-25)38(36,37)33-32-34(22-27-12-5-3-6-13-27)24-30(21-29-16-10-9-11-26(29)2)35(32)23-28-14-7-4-8-15-28/h3-20,30H,21-24H2,1-2H3/b33-32+. The zero-order valence-corrected chi connectivity index (χ0v) is 22.7. The van der Waals surface area contributed by atoms with Crippen LogP contribution in [0.2, 0.25) is 0 Å². The molecule has 38 heavy (non-hydrogen) atoms. The van der Waals surface area contributed by atoms with E-state index in [4.69, 9.17) is 0 Å². The highest BCUT2D eigenvalue weighted by Gasteiger charge is 2.37. The first-order valence-electron chi connectivity index (χ1n) is 12.9. The second kappa shape index (κ2) is 11.2. The molecule has 5 rings (SSSR count). The van der Waals surface area contributed by atoms with Gasteiger partial charge in [0.1, 0.15) is 0 Å². The van der Waals surface area contributed by atoms with E-state index in [9.17, 15) is 8.42 Å². The van der Waals surface area contributed by atoms with Crippen molar-refractivity contribution in [2.24, 2.45) is 4.40 Å². The zero-order valence-electron chi connectivity index (χ0n) is 21.9. The maximum absolute atomic E-state index is 13.6. The van der Waals surface area contributed by atoms with Gasteiger partial charge in [-0.05, 0) is 54.7 Å². The average molecular weight is 524 g/mol. The summed E-state index contributed by atoms with van der Waals surface area (Å²) >= 11 is 0. The van der Waals surface area contributed by atoms with Crippen LogP contribution in [-0.4, -0.2) is 36.8 Å². The third-order valence-electron chi connectivity index (χ3n) is 7.06. The van der Waals surface area contributed by atoms with Crippen LogP contribution in [0.3, 0.4) is 0 Å². The minimum Gasteiger partial charge on any atom is -0.335 e. The molecule has 0 bridgehead atoms. The Bertz CT molecular complexity index is 1500. The number of hydrogen-bond acceptors (Lipinski definition) is 2. The van der Waals surface area contributed by atoms with Gasteiger partial charge < -0.3 is 9.80 Å². The van der Waals surface area contributed by atoms with Gasteiger partial charge in [0.25, 0.3) is 10.0 Å². The van der Waals surface area contributed by atoms with Crippen molar-refractivity contribution < 1.29 is 8.42 Å². The molecular weight excluding hydrogens is 490 g/mol. The Morgan fingerprint density at radius 2 is 1.32 bits per heavy atom. The Kier molecular flexibility index (Phi) is 7.61. The predicted molar refractivity (Wildman–Crippen MR) is 153 cm³/mol. The number of sulfonamides is 1. The Morgan fingerprint density at radius 3 is 1.95 bits per heavy atom. The molecule has 0 aromatic heterocycles. The largest absolute Gasteiger partial charge is 0.335 e. The number of benzene rings is 4. The van der Waals surface area contributed by atoms with E-state index >= 15 is 0 Å². The van der Waals surface area contributed by atoms with Gasteiger partial charge in [-0.1, -0.05) is 103 Å². The van der Waals surface area contributed by atoms with Crippen molar-refractivity contribution in [2.45, 2.75) is 44.3 Å². The van der Waals surface area contributed by atoms with Gasteiger partial charge in [0, 0.05) is 19.6 Å². The van der Waals surface area contributed by atoms with Gasteiger partial charge in [-0.15, -0.1) is 4.40 Å². The van der Waals surface area contributed by atoms with E-state index in [-0.39, 0.29) is 10.9 Å². The third kappa shape index (κ3) is 5.97. The van der Waals surface area contributed by atoms with E-state index in [0.29, 0.717) is 25.6 Å². The van der Waals surface area contributed by atoms with Gasteiger partial charge in [-0.2, -0.15) is 8.42 Å². The van der Waals surface area contributed by atoms with Crippen LogP contribution in [-0.2, 0) is 29.5 Å². The summed E-state index contributed by atoms with van der Waals surface area (Å²) in [7, 11) is -3.91. The fraction of sp³-hybridized carbons (Fsp3) is 0.219. The van der Waals surface area contributed by atoms with Crippen molar-refractivity contribution in [3.05, 3.63) is 137 Å². The van der Waals surface area contributed by atoms with Crippen LogP contribution >= 0.6 is 0 Å². The van der Waals surface area contributed by atoms with Crippen LogP contribution < -0.4 is 0 Å². The second-order valence-corrected chi connectivity index (χ2v) is 11.5. The predicted octanol–water partition coefficient (Wildman–Crippen LogP) is 5.98. The van der Waals surface area contributed by atoms with E-state index in [0.717, 1.165) is 23.1 Å². The molecule has 1 fully saturated rings. The van der Waals surface area contributed by atoms with E-state index in [1.54, 1.807) is 12.1 Å². The van der Waals surface area contributed by atoms with Gasteiger partial charge in [-0.25, -0.2) is 0 Å². The Morgan fingerprint density at radius 1 is 0.737 bits per heavy atom. The third-order valence-corrected chi connectivity index (χ3v) is 8.33. The number of aryl methyl sites for hydroxylation is 2. The molecule has 1 saturated heterocycles. The van der Waals surface area contributed by atoms with Crippen LogP contribution in [0.1, 0.15) is 27.8 Å². The summed E-state index contributed by atoms with van der Waals surface area (Å²) in [6.07, 6.45) is 0.800. The highest BCUT2D eigenvalue weighted by molar-refractivity contribution is 7.90. The lowest BCUT2D eigenvalue weighted by atomic mass is 10.0. The quantitative estimate of drug-likeness (QED) is 0.285. The lowest BCUT2D eigenvalue weighted by molar-refractivity contribution is 0.332. The smallest absolute Gasteiger partial charge is 0.285 e. The summed E-state index contributed by atoms with van der Waals surface area (Å²) in [5, 5.41) is 0. The first kappa shape index (κ1) is 25.7. The topological polar surface area (TPSA) is 53.0 Å². The summed E-state index contributed by atoms with van der Waals surface area (Å²) in [5.74, 6) is 0.497. The molecule has 6 heteroatoms. The molecule has 1 atom stereocenters. The van der Waals surface area contributed by atoms with Crippen LogP contribution in [0.5, 0.6) is 0 Å². The molecule has 0 spiro atoms. The van der Waals surface area contributed by atoms with E-state index in [2.05, 4.69) is 69.7 Å². The van der Waals surface area contributed by atoms with Crippen molar-refractivity contribution in [1.82, 2.24) is 9.80 Å². The lowest BCUT2D eigenvalue weighted by Gasteiger charge is -2.27. The Labute approximate surface area is 226 Å². The van der Waals surface area contributed by atoms with Crippen molar-refractivity contribution in [3.63, 3.8) is 0 Å². The van der Waals surface area contributed by atoms with Gasteiger partial charge in [0.15, 0.2) is 0 Å². The summed E-state index contributed by atoms with van der Waals surface area (Å²) in [6.45, 7) is 5.91. The van der Waals surface area contributed by atoms with Crippen LogP contribution in [0.25, 0.3) is 0 Å². The van der Waals surface area contributed by atoms with Crippen molar-refractivity contribution in [1.29, 1.82) is 0 Å². The number of rotatable bonds is 8. The fourth-order valence-corrected chi connectivity index (χ4v) is 5.97. The SMILES string of the molecule is Cc1ccc(S(=O)(=O)/N=C2\N(Cc3ccccc3)CC(Cc3ccccc3C)N2Cc2ccccc2)cc1. The maximum atomic E-state index is 13.6. The lowest BCUT2D eigenvalue weighted by Crippen LogP contribution is -2.37. The monoisotopic (exact) mass is 523 g/mol. The molecule has 1 aliphatic rings. The molecule has 0 aliphatic carbocycles. The van der Waals surface area contributed by atoms with Gasteiger partial charge in [-0.3, -0.25) is 0 Å². The van der Waals surface area contributed by atoms with Gasteiger partial charge in [0.2, 0.25) is 5.96 Å². The molecule has 0 saturated carbocycles. The molecule has 1 aliphatic heterocycles. The minimum atomic E-state index is -3.91. The highest BCUT2D eigenvalue weighted by Crippen LogP contribution is 2.27. The van der Waals surface area contributed by atoms with Crippen LogP contribution in [0.4, 0.5) is 0 Å². The highest BCUT2D eigenvalue weighted by atomic mass is 32.2. The number of nitrogens with zero attached hydrogens (tertiary/aromatic N) is 3. The number of hydrogen-bond donors (Lipinski definition) is 0. The molecule has 4 aromatic rings. The molecule has 1 heterocycles.